The van der Waals surface area contributed by atoms with Crippen LogP contribution in [0.5, 0.6) is 0 Å². The molecule has 1 aromatic heterocycles. The van der Waals surface area contributed by atoms with Gasteiger partial charge in [0.2, 0.25) is 0 Å². The summed E-state index contributed by atoms with van der Waals surface area (Å²) in [5.41, 5.74) is 0.424. The molecule has 1 aliphatic heterocycles. The van der Waals surface area contributed by atoms with Gasteiger partial charge in [-0.25, -0.2) is 4.79 Å². The number of rotatable bonds is 2. The molecular formula is C13H17NO4. The van der Waals surface area contributed by atoms with Crippen LogP contribution in [0.3, 0.4) is 0 Å². The normalized spacial score (nSPS) is 24.0. The molecule has 2 heterocycles. The molecular weight excluding hydrogens is 234 g/mol. The monoisotopic (exact) mass is 251 g/mol. The molecule has 0 radical (unpaired) electrons. The van der Waals surface area contributed by atoms with E-state index in [1.54, 1.807) is 13.0 Å². The maximum atomic E-state index is 12.3. The van der Waals surface area contributed by atoms with Gasteiger partial charge in [-0.2, -0.15) is 0 Å². The molecule has 5 nitrogen and oxygen atoms in total. The van der Waals surface area contributed by atoms with Crippen LogP contribution in [-0.2, 0) is 4.79 Å². The summed E-state index contributed by atoms with van der Waals surface area (Å²) in [6.45, 7) is 4.12. The average Bonchev–Trinajstić information content (AvgIpc) is 2.74. The van der Waals surface area contributed by atoms with Crippen molar-refractivity contribution in [1.29, 1.82) is 0 Å². The summed E-state index contributed by atoms with van der Waals surface area (Å²) in [4.78, 5) is 25.0. The van der Waals surface area contributed by atoms with E-state index in [9.17, 15) is 14.7 Å². The Kier molecular flexibility index (Phi) is 3.41. The van der Waals surface area contributed by atoms with E-state index >= 15 is 0 Å². The van der Waals surface area contributed by atoms with Gasteiger partial charge >= 0.3 is 5.97 Å². The van der Waals surface area contributed by atoms with Gasteiger partial charge in [0.1, 0.15) is 18.1 Å². The molecule has 0 bridgehead atoms. The van der Waals surface area contributed by atoms with Crippen LogP contribution in [0.25, 0.3) is 0 Å². The lowest BCUT2D eigenvalue weighted by Gasteiger charge is -2.37. The molecule has 1 N–H and O–H groups in total. The van der Waals surface area contributed by atoms with Crippen molar-refractivity contribution >= 4 is 11.9 Å². The van der Waals surface area contributed by atoms with E-state index in [4.69, 9.17) is 4.42 Å². The Morgan fingerprint density at radius 2 is 2.22 bits per heavy atom. The number of amides is 1. The van der Waals surface area contributed by atoms with Gasteiger partial charge in [0.05, 0.1) is 5.56 Å². The number of aliphatic carboxylic acids is 1. The SMILES string of the molecule is Cc1cc(C(=O)N2CCCC(C)C2C(=O)O)co1. The van der Waals surface area contributed by atoms with Crippen LogP contribution >= 0.6 is 0 Å². The predicted molar refractivity (Wildman–Crippen MR) is 64.3 cm³/mol. The fraction of sp³-hybridized carbons (Fsp3) is 0.538. The zero-order valence-electron chi connectivity index (χ0n) is 10.5. The van der Waals surface area contributed by atoms with E-state index in [1.165, 1.54) is 11.2 Å². The molecule has 18 heavy (non-hydrogen) atoms. The first kappa shape index (κ1) is 12.7. The number of hydrogen-bond acceptors (Lipinski definition) is 3. The fourth-order valence-electron chi connectivity index (χ4n) is 2.51. The number of piperidine rings is 1. The summed E-state index contributed by atoms with van der Waals surface area (Å²) >= 11 is 0. The first-order chi connectivity index (χ1) is 8.50. The second kappa shape index (κ2) is 4.84. The highest BCUT2D eigenvalue weighted by atomic mass is 16.4. The number of carboxylic acids is 1. The summed E-state index contributed by atoms with van der Waals surface area (Å²) in [5.74, 6) is -0.565. The zero-order chi connectivity index (χ0) is 13.3. The van der Waals surface area contributed by atoms with Crippen molar-refractivity contribution in [2.24, 2.45) is 5.92 Å². The Labute approximate surface area is 105 Å². The van der Waals surface area contributed by atoms with Gasteiger partial charge in [0.15, 0.2) is 0 Å². The summed E-state index contributed by atoms with van der Waals surface area (Å²) < 4.78 is 5.10. The third-order valence-electron chi connectivity index (χ3n) is 3.42. The Morgan fingerprint density at radius 3 is 2.78 bits per heavy atom. The van der Waals surface area contributed by atoms with Crippen LogP contribution in [-0.4, -0.2) is 34.5 Å². The highest BCUT2D eigenvalue weighted by Crippen LogP contribution is 2.25. The van der Waals surface area contributed by atoms with Crippen molar-refractivity contribution in [3.63, 3.8) is 0 Å². The van der Waals surface area contributed by atoms with E-state index < -0.39 is 12.0 Å². The highest BCUT2D eigenvalue weighted by molar-refractivity contribution is 5.96. The molecule has 5 heteroatoms. The lowest BCUT2D eigenvalue weighted by atomic mass is 9.90. The maximum Gasteiger partial charge on any atom is 0.326 e. The molecule has 2 unspecified atom stereocenters. The van der Waals surface area contributed by atoms with E-state index in [1.807, 2.05) is 6.92 Å². The average molecular weight is 251 g/mol. The van der Waals surface area contributed by atoms with Crippen LogP contribution < -0.4 is 0 Å². The van der Waals surface area contributed by atoms with Crippen LogP contribution in [0.4, 0.5) is 0 Å². The summed E-state index contributed by atoms with van der Waals surface area (Å²) in [6.07, 6.45) is 3.06. The fourth-order valence-corrected chi connectivity index (χ4v) is 2.51. The smallest absolute Gasteiger partial charge is 0.326 e. The Bertz CT molecular complexity index is 465. The second-order valence-electron chi connectivity index (χ2n) is 4.85. The van der Waals surface area contributed by atoms with Gasteiger partial charge in [0, 0.05) is 6.54 Å². The van der Waals surface area contributed by atoms with Crippen molar-refractivity contribution < 1.29 is 19.1 Å². The van der Waals surface area contributed by atoms with Gasteiger partial charge in [-0.1, -0.05) is 6.92 Å². The lowest BCUT2D eigenvalue weighted by molar-refractivity contribution is -0.145. The molecule has 1 aromatic rings. The molecule has 98 valence electrons. The van der Waals surface area contributed by atoms with Gasteiger partial charge in [-0.3, -0.25) is 4.79 Å². The largest absolute Gasteiger partial charge is 0.480 e. The van der Waals surface area contributed by atoms with Crippen molar-refractivity contribution in [2.75, 3.05) is 6.54 Å². The summed E-state index contributed by atoms with van der Waals surface area (Å²) in [6, 6.07) is 0.905. The van der Waals surface area contributed by atoms with Crippen LogP contribution in [0, 0.1) is 12.8 Å². The van der Waals surface area contributed by atoms with Crippen molar-refractivity contribution in [1.82, 2.24) is 4.90 Å². The van der Waals surface area contributed by atoms with Crippen LogP contribution in [0.15, 0.2) is 16.7 Å². The third kappa shape index (κ3) is 2.25. The molecule has 0 aliphatic carbocycles. The van der Waals surface area contributed by atoms with E-state index in [-0.39, 0.29) is 11.8 Å². The molecule has 1 fully saturated rings. The molecule has 0 aromatic carbocycles. The molecule has 1 saturated heterocycles. The number of likely N-dealkylation sites (tertiary alicyclic amines) is 1. The Morgan fingerprint density at radius 1 is 1.50 bits per heavy atom. The lowest BCUT2D eigenvalue weighted by Crippen LogP contribution is -2.51. The molecule has 0 saturated carbocycles. The number of nitrogens with zero attached hydrogens (tertiary/aromatic N) is 1. The molecule has 2 rings (SSSR count). The summed E-state index contributed by atoms with van der Waals surface area (Å²) in [5, 5.41) is 9.26. The molecule has 2 atom stereocenters. The molecule has 1 amide bonds. The van der Waals surface area contributed by atoms with Crippen LogP contribution in [0.1, 0.15) is 35.9 Å². The number of carboxylic acid groups (broad SMARTS) is 1. The second-order valence-corrected chi connectivity index (χ2v) is 4.85. The topological polar surface area (TPSA) is 70.8 Å². The first-order valence-corrected chi connectivity index (χ1v) is 6.09. The van der Waals surface area contributed by atoms with Gasteiger partial charge < -0.3 is 14.4 Å². The van der Waals surface area contributed by atoms with Gasteiger partial charge in [-0.05, 0) is 31.7 Å². The van der Waals surface area contributed by atoms with Crippen molar-refractivity contribution in [3.05, 3.63) is 23.7 Å². The van der Waals surface area contributed by atoms with E-state index in [2.05, 4.69) is 0 Å². The quantitative estimate of drug-likeness (QED) is 0.871. The maximum absolute atomic E-state index is 12.3. The van der Waals surface area contributed by atoms with Crippen molar-refractivity contribution in [2.45, 2.75) is 32.7 Å². The van der Waals surface area contributed by atoms with Gasteiger partial charge in [-0.15, -0.1) is 0 Å². The Balaban J connectivity index is 2.24. The number of carbonyl (C=O) groups excluding carboxylic acids is 1. The van der Waals surface area contributed by atoms with Crippen molar-refractivity contribution in [3.8, 4) is 0 Å². The highest BCUT2D eigenvalue weighted by Gasteiger charge is 2.37. The molecule has 0 spiro atoms. The zero-order valence-corrected chi connectivity index (χ0v) is 10.5. The first-order valence-electron chi connectivity index (χ1n) is 6.09. The van der Waals surface area contributed by atoms with E-state index in [0.29, 0.717) is 17.9 Å². The number of hydrogen-bond donors (Lipinski definition) is 1. The third-order valence-corrected chi connectivity index (χ3v) is 3.42. The minimum Gasteiger partial charge on any atom is -0.480 e. The van der Waals surface area contributed by atoms with Crippen LogP contribution in [0.2, 0.25) is 0 Å². The minimum absolute atomic E-state index is 0.0202. The predicted octanol–water partition coefficient (Wildman–Crippen LogP) is 1.91. The summed E-state index contributed by atoms with van der Waals surface area (Å²) in [7, 11) is 0. The standard InChI is InChI=1S/C13H17NO4/c1-8-4-3-5-14(11(8)13(16)17)12(15)10-6-9(2)18-7-10/h6-8,11H,3-5H2,1-2H3,(H,16,17). The molecule has 1 aliphatic rings. The number of carbonyl (C=O) groups is 2. The number of aryl methyl sites for hydroxylation is 1. The van der Waals surface area contributed by atoms with E-state index in [0.717, 1.165) is 12.8 Å². The Hall–Kier alpha value is -1.78. The van der Waals surface area contributed by atoms with Gasteiger partial charge in [0.25, 0.3) is 5.91 Å². The minimum atomic E-state index is -0.934. The number of furan rings is 1.